The molecule has 8 N–H and O–H groups in total. The first kappa shape index (κ1) is 53.5. The average molecular weight is 1030 g/mol. The predicted octanol–water partition coefficient (Wildman–Crippen LogP) is 6.55. The normalized spacial score (nSPS) is 16.7. The number of amides is 5. The molecule has 5 amide bonds. The summed E-state index contributed by atoms with van der Waals surface area (Å²) in [7, 11) is -4.14. The van der Waals surface area contributed by atoms with E-state index in [9.17, 15) is 50.7 Å². The smallest absolute Gasteiger partial charge is 0.435 e. The standard InChI is InChI=1S/C46H54F3N11O9S2/c1-27-23-36(61)32(35-25-39(46(47,48)49)58-60(35)30-17-19-31(20-18-30)71(51,67)68)24-37(27)69-44(65)33(54-43(64)28-13-15-29(16-14-28)57-59-50)9-6-8-22-53-40(62)11-3-2-7-21-52-41(63)12-5-4-10-38-42-34(26-70-38)55-45(66)56-42/h13-20,23-25,33-34,38,42,61H,2-12,21-22,26H2,1H3,(H,52,63)(H,53,62)(H,54,64)(H2,51,67,68)(H2,55,56,66)/t33-,34-,38-,42-/m0/s1. The Hall–Kier alpha value is -6.82. The molecule has 3 heterocycles. The number of sulfonamides is 1. The molecule has 1 aromatic heterocycles. The number of hydrogen-bond acceptors (Lipinski definition) is 12. The molecule has 380 valence electrons. The van der Waals surface area contributed by atoms with Crippen molar-refractivity contribution in [3.8, 4) is 28.4 Å². The molecule has 4 atom stereocenters. The number of aromatic hydroxyl groups is 1. The summed E-state index contributed by atoms with van der Waals surface area (Å²) in [4.78, 5) is 66.2. The number of phenols is 1. The molecule has 3 aromatic carbocycles. The van der Waals surface area contributed by atoms with Gasteiger partial charge >= 0.3 is 18.2 Å². The zero-order chi connectivity index (χ0) is 51.3. The third-order valence-corrected chi connectivity index (χ3v) is 14.2. The summed E-state index contributed by atoms with van der Waals surface area (Å²) in [5, 5.41) is 38.1. The van der Waals surface area contributed by atoms with Crippen molar-refractivity contribution in [1.29, 1.82) is 0 Å². The van der Waals surface area contributed by atoms with Crippen molar-refractivity contribution in [2.75, 3.05) is 18.8 Å². The maximum atomic E-state index is 14.0. The Bertz CT molecular complexity index is 2730. The lowest BCUT2D eigenvalue weighted by atomic mass is 10.0. The van der Waals surface area contributed by atoms with E-state index in [1.807, 2.05) is 11.8 Å². The Morgan fingerprint density at radius 3 is 2.27 bits per heavy atom. The SMILES string of the molecule is Cc1cc(O)c(-c2cc(C(F)(F)F)nn2-c2ccc(S(N)(=O)=O)cc2)cc1OC(=O)[C@H](CCCCNC(=O)CCCCCNC(=O)CCCC[C@@H]1SC[C@@H]2NC(=O)N[C@@H]21)NC(=O)c1ccc(N=[N+]=[N-])cc1. The number of esters is 1. The minimum atomic E-state index is -4.94. The number of azide groups is 1. The molecule has 20 nitrogen and oxygen atoms in total. The first-order valence-corrected chi connectivity index (χ1v) is 25.4. The summed E-state index contributed by atoms with van der Waals surface area (Å²) in [6.07, 6.45) is 1.15. The number of nitrogens with two attached hydrogens (primary N) is 1. The van der Waals surface area contributed by atoms with Crippen LogP contribution in [0.4, 0.5) is 23.7 Å². The van der Waals surface area contributed by atoms with Gasteiger partial charge in [-0.05, 0) is 118 Å². The summed E-state index contributed by atoms with van der Waals surface area (Å²) in [5.74, 6) is -1.61. The number of rotatable bonds is 24. The number of aryl methyl sites for hydroxylation is 1. The van der Waals surface area contributed by atoms with E-state index in [2.05, 4.69) is 41.7 Å². The van der Waals surface area contributed by atoms with Crippen molar-refractivity contribution in [1.82, 2.24) is 36.4 Å². The Labute approximate surface area is 411 Å². The van der Waals surface area contributed by atoms with Crippen LogP contribution in [0.25, 0.3) is 27.4 Å². The number of urea groups is 1. The third-order valence-electron chi connectivity index (χ3n) is 11.8. The van der Waals surface area contributed by atoms with Gasteiger partial charge in [0.25, 0.3) is 5.91 Å². The van der Waals surface area contributed by atoms with Crippen molar-refractivity contribution < 1.29 is 55.4 Å². The summed E-state index contributed by atoms with van der Waals surface area (Å²) in [6, 6.07) is 12.0. The number of aromatic nitrogens is 2. The number of nitrogens with one attached hydrogen (secondary N) is 5. The number of carbonyl (C=O) groups is 5. The molecular weight excluding hydrogens is 972 g/mol. The van der Waals surface area contributed by atoms with Gasteiger partial charge in [0.05, 0.1) is 28.4 Å². The van der Waals surface area contributed by atoms with Gasteiger partial charge < -0.3 is 36.4 Å². The minimum absolute atomic E-state index is 0.0158. The number of ether oxygens (including phenoxy) is 1. The van der Waals surface area contributed by atoms with Gasteiger partial charge in [0, 0.05) is 58.7 Å². The van der Waals surface area contributed by atoms with Crippen LogP contribution in [0, 0.1) is 6.92 Å². The maximum absolute atomic E-state index is 14.0. The van der Waals surface area contributed by atoms with Crippen molar-refractivity contribution >= 4 is 57.2 Å². The van der Waals surface area contributed by atoms with Gasteiger partial charge in [0.15, 0.2) is 5.69 Å². The number of halogens is 3. The Kier molecular flexibility index (Phi) is 18.4. The van der Waals surface area contributed by atoms with Crippen LogP contribution in [-0.4, -0.2) is 95.2 Å². The fourth-order valence-electron chi connectivity index (χ4n) is 8.04. The molecule has 0 spiro atoms. The van der Waals surface area contributed by atoms with Crippen molar-refractivity contribution in [2.45, 2.75) is 112 Å². The zero-order valence-electron chi connectivity index (χ0n) is 38.5. The van der Waals surface area contributed by atoms with Crippen LogP contribution in [0.2, 0.25) is 0 Å². The van der Waals surface area contributed by atoms with E-state index in [1.165, 1.54) is 49.4 Å². The molecule has 25 heteroatoms. The molecular formula is C46H54F3N11O9S2. The van der Waals surface area contributed by atoms with Crippen LogP contribution >= 0.6 is 11.8 Å². The Morgan fingerprint density at radius 1 is 0.958 bits per heavy atom. The highest BCUT2D eigenvalue weighted by molar-refractivity contribution is 8.00. The van der Waals surface area contributed by atoms with Crippen molar-refractivity contribution in [3.63, 3.8) is 0 Å². The summed E-state index contributed by atoms with van der Waals surface area (Å²) in [5.41, 5.74) is 7.39. The second-order valence-electron chi connectivity index (χ2n) is 17.1. The molecule has 2 saturated heterocycles. The van der Waals surface area contributed by atoms with Gasteiger partial charge in [-0.25, -0.2) is 27.8 Å². The molecule has 4 aromatic rings. The number of phenolic OH excluding ortho intramolecular Hbond substituents is 1. The van der Waals surface area contributed by atoms with E-state index in [0.29, 0.717) is 50.0 Å². The number of carbonyl (C=O) groups excluding carboxylic acids is 5. The molecule has 2 aliphatic heterocycles. The van der Waals surface area contributed by atoms with Gasteiger partial charge in [-0.1, -0.05) is 30.1 Å². The number of hydrogen-bond donors (Lipinski definition) is 7. The Morgan fingerprint density at radius 2 is 1.62 bits per heavy atom. The number of benzene rings is 3. The molecule has 0 saturated carbocycles. The summed E-state index contributed by atoms with van der Waals surface area (Å²) < 4.78 is 72.3. The zero-order valence-corrected chi connectivity index (χ0v) is 40.2. The fourth-order valence-corrected chi connectivity index (χ4v) is 10.1. The highest BCUT2D eigenvalue weighted by atomic mass is 32.2. The number of thioether (sulfide) groups is 1. The van der Waals surface area contributed by atoms with Crippen LogP contribution in [0.3, 0.4) is 0 Å². The lowest BCUT2D eigenvalue weighted by Gasteiger charge is -2.19. The van der Waals surface area contributed by atoms with Crippen molar-refractivity contribution in [3.05, 3.63) is 94.0 Å². The lowest BCUT2D eigenvalue weighted by molar-refractivity contribution is -0.141. The monoisotopic (exact) mass is 1030 g/mol. The molecule has 0 unspecified atom stereocenters. The quantitative estimate of drug-likeness (QED) is 0.00750. The van der Waals surface area contributed by atoms with Gasteiger partial charge in [-0.3, -0.25) is 14.4 Å². The van der Waals surface area contributed by atoms with E-state index in [0.717, 1.165) is 54.3 Å². The van der Waals surface area contributed by atoms with Gasteiger partial charge in [-0.2, -0.15) is 30.0 Å². The molecule has 71 heavy (non-hydrogen) atoms. The largest absolute Gasteiger partial charge is 0.507 e. The predicted molar refractivity (Wildman–Crippen MR) is 256 cm³/mol. The molecule has 2 fully saturated rings. The topological polar surface area (TPSA) is 302 Å². The molecule has 6 rings (SSSR count). The second-order valence-corrected chi connectivity index (χ2v) is 19.9. The number of fused-ring (bicyclic) bond motifs is 1. The number of primary sulfonamides is 1. The number of alkyl halides is 3. The van der Waals surface area contributed by atoms with Crippen molar-refractivity contribution in [2.24, 2.45) is 10.3 Å². The van der Waals surface area contributed by atoms with E-state index < -0.39 is 45.6 Å². The highest BCUT2D eigenvalue weighted by Crippen LogP contribution is 2.40. The lowest BCUT2D eigenvalue weighted by Crippen LogP contribution is -2.43. The van der Waals surface area contributed by atoms with E-state index in [1.54, 1.807) is 0 Å². The first-order valence-electron chi connectivity index (χ1n) is 22.8. The van der Waals surface area contributed by atoms with Crippen LogP contribution < -0.4 is 36.5 Å². The third kappa shape index (κ3) is 15.1. The molecule has 0 radical (unpaired) electrons. The highest BCUT2D eigenvalue weighted by Gasteiger charge is 2.42. The molecule has 0 bridgehead atoms. The minimum Gasteiger partial charge on any atom is -0.507 e. The van der Waals surface area contributed by atoms with Crippen LogP contribution in [0.5, 0.6) is 11.5 Å². The molecule has 2 aliphatic rings. The van der Waals surface area contributed by atoms with Crippen LogP contribution in [0.1, 0.15) is 92.2 Å². The Balaban J connectivity index is 1.01. The van der Waals surface area contributed by atoms with Gasteiger partial charge in [-0.15, -0.1) is 0 Å². The maximum Gasteiger partial charge on any atom is 0.435 e. The number of nitrogens with zero attached hydrogens (tertiary/aromatic N) is 5. The average Bonchev–Trinajstić information content (AvgIpc) is 4.04. The second kappa shape index (κ2) is 24.3. The first-order chi connectivity index (χ1) is 33.8. The van der Waals surface area contributed by atoms with E-state index in [4.69, 9.17) is 15.4 Å². The fraction of sp³-hybridized carbons (Fsp3) is 0.435. The van der Waals surface area contributed by atoms with Gasteiger partial charge in [0.1, 0.15) is 17.5 Å². The van der Waals surface area contributed by atoms with E-state index in [-0.39, 0.29) is 93.7 Å². The van der Waals surface area contributed by atoms with E-state index >= 15 is 0 Å². The van der Waals surface area contributed by atoms with Gasteiger partial charge in [0.2, 0.25) is 21.8 Å². The number of unbranched alkanes of at least 4 members (excludes halogenated alkanes) is 4. The summed E-state index contributed by atoms with van der Waals surface area (Å²) >= 11 is 1.85. The molecule has 0 aliphatic carbocycles. The van der Waals surface area contributed by atoms with Crippen LogP contribution in [0.15, 0.2) is 76.7 Å². The summed E-state index contributed by atoms with van der Waals surface area (Å²) in [6.45, 7) is 2.24. The van der Waals surface area contributed by atoms with Crippen LogP contribution in [-0.2, 0) is 30.6 Å².